The van der Waals surface area contributed by atoms with E-state index in [2.05, 4.69) is 31.4 Å². The Kier molecular flexibility index (Phi) is 4.30. The number of carbonyl (C=O) groups is 1. The van der Waals surface area contributed by atoms with Crippen LogP contribution in [0.4, 0.5) is 5.69 Å². The number of aryl methyl sites for hydroxylation is 1. The van der Waals surface area contributed by atoms with Gasteiger partial charge in [-0.3, -0.25) is 4.79 Å². The highest BCUT2D eigenvalue weighted by molar-refractivity contribution is 9.10. The second-order valence-electron chi connectivity index (χ2n) is 4.98. The van der Waals surface area contributed by atoms with Gasteiger partial charge in [-0.1, -0.05) is 33.8 Å². The zero-order valence-corrected chi connectivity index (χ0v) is 13.8. The van der Waals surface area contributed by atoms with Crippen LogP contribution in [0, 0.1) is 6.92 Å². The first-order valence-corrected chi connectivity index (χ1v) is 8.42. The van der Waals surface area contributed by atoms with Gasteiger partial charge in [0.05, 0.1) is 5.75 Å². The van der Waals surface area contributed by atoms with Crippen molar-refractivity contribution in [2.45, 2.75) is 30.9 Å². The normalized spacial score (nSPS) is 14.2. The van der Waals surface area contributed by atoms with Crippen molar-refractivity contribution in [2.75, 3.05) is 11.1 Å². The molecule has 7 heteroatoms. The molecule has 0 bridgehead atoms. The number of anilines is 1. The van der Waals surface area contributed by atoms with Crippen molar-refractivity contribution in [3.05, 3.63) is 34.1 Å². The molecule has 3 rings (SSSR count). The summed E-state index contributed by atoms with van der Waals surface area (Å²) in [6.45, 7) is 2.00. The molecule has 0 unspecified atom stereocenters. The van der Waals surface area contributed by atoms with Gasteiger partial charge < -0.3 is 9.73 Å². The summed E-state index contributed by atoms with van der Waals surface area (Å²) in [4.78, 5) is 11.9. The van der Waals surface area contributed by atoms with E-state index in [9.17, 15) is 4.79 Å². The standard InChI is InChI=1S/C14H14BrN3O2S/c1-8-2-5-10(6-11(8)15)16-12(19)7-21-14-18-17-13(20-14)9-3-4-9/h2,5-6,9H,3-4,7H2,1H3,(H,16,19). The van der Waals surface area contributed by atoms with Gasteiger partial charge in [0.15, 0.2) is 0 Å². The van der Waals surface area contributed by atoms with Crippen LogP contribution in [0.15, 0.2) is 32.3 Å². The Hall–Kier alpha value is -1.34. The van der Waals surface area contributed by atoms with Gasteiger partial charge in [0.2, 0.25) is 11.8 Å². The zero-order chi connectivity index (χ0) is 14.8. The molecular formula is C14H14BrN3O2S. The van der Waals surface area contributed by atoms with Crippen LogP contribution >= 0.6 is 27.7 Å². The topological polar surface area (TPSA) is 68.0 Å². The monoisotopic (exact) mass is 367 g/mol. The second kappa shape index (κ2) is 6.19. The molecule has 0 saturated heterocycles. The third-order valence-corrected chi connectivity index (χ3v) is 4.80. The van der Waals surface area contributed by atoms with Gasteiger partial charge in [-0.25, -0.2) is 0 Å². The van der Waals surface area contributed by atoms with E-state index in [-0.39, 0.29) is 11.7 Å². The summed E-state index contributed by atoms with van der Waals surface area (Å²) in [5.41, 5.74) is 1.89. The summed E-state index contributed by atoms with van der Waals surface area (Å²) < 4.78 is 6.47. The Labute approximate surface area is 135 Å². The Morgan fingerprint density at radius 1 is 1.48 bits per heavy atom. The molecule has 1 aliphatic rings. The van der Waals surface area contributed by atoms with Gasteiger partial charge in [-0.15, -0.1) is 10.2 Å². The van der Waals surface area contributed by atoms with Crippen LogP contribution in [-0.4, -0.2) is 21.9 Å². The second-order valence-corrected chi connectivity index (χ2v) is 6.76. The quantitative estimate of drug-likeness (QED) is 0.815. The van der Waals surface area contributed by atoms with E-state index in [1.807, 2.05) is 25.1 Å². The molecule has 1 fully saturated rings. The minimum atomic E-state index is -0.0954. The summed E-state index contributed by atoms with van der Waals surface area (Å²) in [5, 5.41) is 11.2. The third kappa shape index (κ3) is 3.85. The molecule has 1 aliphatic carbocycles. The first-order valence-electron chi connectivity index (χ1n) is 6.64. The predicted octanol–water partition coefficient (Wildman–Crippen LogP) is 3.75. The van der Waals surface area contributed by atoms with Crippen molar-refractivity contribution in [1.29, 1.82) is 0 Å². The van der Waals surface area contributed by atoms with Crippen molar-refractivity contribution < 1.29 is 9.21 Å². The molecule has 2 aromatic rings. The molecule has 5 nitrogen and oxygen atoms in total. The summed E-state index contributed by atoms with van der Waals surface area (Å²) in [7, 11) is 0. The van der Waals surface area contributed by atoms with Crippen molar-refractivity contribution in [3.8, 4) is 0 Å². The van der Waals surface area contributed by atoms with Crippen LogP contribution in [0.25, 0.3) is 0 Å². The van der Waals surface area contributed by atoms with Gasteiger partial charge in [-0.05, 0) is 37.5 Å². The maximum Gasteiger partial charge on any atom is 0.277 e. The number of halogens is 1. The van der Waals surface area contributed by atoms with Gasteiger partial charge in [0.1, 0.15) is 0 Å². The molecule has 1 N–H and O–H groups in total. The lowest BCUT2D eigenvalue weighted by Crippen LogP contribution is -2.14. The molecule has 0 atom stereocenters. The average molecular weight is 368 g/mol. The highest BCUT2D eigenvalue weighted by Crippen LogP contribution is 2.39. The van der Waals surface area contributed by atoms with E-state index in [0.717, 1.165) is 28.6 Å². The van der Waals surface area contributed by atoms with Crippen molar-refractivity contribution in [2.24, 2.45) is 0 Å². The molecular weight excluding hydrogens is 354 g/mol. The molecule has 1 saturated carbocycles. The van der Waals surface area contributed by atoms with Gasteiger partial charge in [0, 0.05) is 16.1 Å². The molecule has 1 amide bonds. The first kappa shape index (κ1) is 14.6. The lowest BCUT2D eigenvalue weighted by molar-refractivity contribution is -0.113. The van der Waals surface area contributed by atoms with E-state index >= 15 is 0 Å². The van der Waals surface area contributed by atoms with E-state index in [1.165, 1.54) is 11.8 Å². The van der Waals surface area contributed by atoms with Crippen molar-refractivity contribution >= 4 is 39.3 Å². The lowest BCUT2D eigenvalue weighted by Gasteiger charge is -2.06. The Morgan fingerprint density at radius 2 is 2.29 bits per heavy atom. The van der Waals surface area contributed by atoms with Crippen LogP contribution in [0.2, 0.25) is 0 Å². The minimum Gasteiger partial charge on any atom is -0.416 e. The lowest BCUT2D eigenvalue weighted by atomic mass is 10.2. The predicted molar refractivity (Wildman–Crippen MR) is 84.5 cm³/mol. The molecule has 0 spiro atoms. The summed E-state index contributed by atoms with van der Waals surface area (Å²) >= 11 is 4.70. The fourth-order valence-corrected chi connectivity index (χ4v) is 2.72. The van der Waals surface area contributed by atoms with Gasteiger partial charge >= 0.3 is 0 Å². The molecule has 1 aromatic carbocycles. The molecule has 0 radical (unpaired) electrons. The number of hydrogen-bond donors (Lipinski definition) is 1. The van der Waals surface area contributed by atoms with E-state index < -0.39 is 0 Å². The van der Waals surface area contributed by atoms with Gasteiger partial charge in [0.25, 0.3) is 5.22 Å². The number of amides is 1. The smallest absolute Gasteiger partial charge is 0.277 e. The average Bonchev–Trinajstić information content (AvgIpc) is 3.20. The number of nitrogens with one attached hydrogen (secondary N) is 1. The highest BCUT2D eigenvalue weighted by atomic mass is 79.9. The number of benzene rings is 1. The largest absolute Gasteiger partial charge is 0.416 e. The van der Waals surface area contributed by atoms with E-state index in [1.54, 1.807) is 0 Å². The Bertz CT molecular complexity index is 670. The summed E-state index contributed by atoms with van der Waals surface area (Å²) in [5.74, 6) is 1.28. The number of thioether (sulfide) groups is 1. The molecule has 0 aliphatic heterocycles. The third-order valence-electron chi connectivity index (χ3n) is 3.13. The SMILES string of the molecule is Cc1ccc(NC(=O)CSc2nnc(C3CC3)o2)cc1Br. The molecule has 110 valence electrons. The molecule has 1 heterocycles. The van der Waals surface area contributed by atoms with Crippen molar-refractivity contribution in [3.63, 3.8) is 0 Å². The van der Waals surface area contributed by atoms with E-state index in [0.29, 0.717) is 17.0 Å². The summed E-state index contributed by atoms with van der Waals surface area (Å²) in [6, 6.07) is 5.71. The Morgan fingerprint density at radius 3 is 3.00 bits per heavy atom. The van der Waals surface area contributed by atoms with Gasteiger partial charge in [-0.2, -0.15) is 0 Å². The number of rotatable bonds is 5. The molecule has 21 heavy (non-hydrogen) atoms. The Balaban J connectivity index is 1.52. The maximum absolute atomic E-state index is 11.9. The zero-order valence-electron chi connectivity index (χ0n) is 11.4. The number of carbonyl (C=O) groups excluding carboxylic acids is 1. The fourth-order valence-electron chi connectivity index (χ4n) is 1.77. The number of hydrogen-bond acceptors (Lipinski definition) is 5. The van der Waals surface area contributed by atoms with E-state index in [4.69, 9.17) is 4.42 Å². The summed E-state index contributed by atoms with van der Waals surface area (Å²) in [6.07, 6.45) is 2.24. The maximum atomic E-state index is 11.9. The van der Waals surface area contributed by atoms with Crippen LogP contribution in [0.5, 0.6) is 0 Å². The van der Waals surface area contributed by atoms with Crippen LogP contribution in [-0.2, 0) is 4.79 Å². The number of aromatic nitrogens is 2. The fraction of sp³-hybridized carbons (Fsp3) is 0.357. The van der Waals surface area contributed by atoms with Crippen LogP contribution in [0.1, 0.15) is 30.2 Å². The molecule has 1 aromatic heterocycles. The van der Waals surface area contributed by atoms with Crippen LogP contribution < -0.4 is 5.32 Å². The first-order chi connectivity index (χ1) is 10.1. The number of nitrogens with zero attached hydrogens (tertiary/aromatic N) is 2. The highest BCUT2D eigenvalue weighted by Gasteiger charge is 2.29. The van der Waals surface area contributed by atoms with Crippen molar-refractivity contribution in [1.82, 2.24) is 10.2 Å². The minimum absolute atomic E-state index is 0.0954. The van der Waals surface area contributed by atoms with Crippen LogP contribution in [0.3, 0.4) is 0 Å².